The summed E-state index contributed by atoms with van der Waals surface area (Å²) in [5.74, 6) is -1.68. The van der Waals surface area contributed by atoms with Crippen molar-refractivity contribution in [1.82, 2.24) is 61.3 Å². The largest absolute Gasteiger partial charge is 0.371 e. The summed E-state index contributed by atoms with van der Waals surface area (Å²) >= 11 is 0. The first-order valence-electron chi connectivity index (χ1n) is 41.2. The molecular weight excluding hydrogens is 1250 g/mol. The number of rotatable bonds is 9. The number of hydrogen-bond acceptors (Lipinski definition) is 13. The van der Waals surface area contributed by atoms with Gasteiger partial charge >= 0.3 is 0 Å². The molecule has 0 spiro atoms. The van der Waals surface area contributed by atoms with Crippen molar-refractivity contribution in [1.29, 1.82) is 0 Å². The zero-order chi connectivity index (χ0) is 72.3. The minimum atomic E-state index is -2.42. The molecule has 14 rings (SSSR count). The van der Waals surface area contributed by atoms with Gasteiger partial charge in [-0.15, -0.1) is 0 Å². The van der Waals surface area contributed by atoms with Crippen LogP contribution in [0.5, 0.6) is 0 Å². The standard InChI is InChI=1S/2C18H28N2.C14H22N2.C12H22F2N2.C12H25N3.C12H24N2/c1-18(2)14-16(11-12-19-18)20-13-7-6-10-17(20)15-8-4-3-5-9-15;1-18(2)13-17(10-11-19-18)20-12-6-9-16(14-20)15-7-4-3-5-8-15;1-14(2)11-13(9-10-15-14)16(3)12-7-5-4-6-8-12;1-11(2)9-10(3-6-15-11)16-7-4-12(13,14)5-8-16;1-12(2)10-11(4-5-13-12)15-8-6-14(3)7-9-15;1-12(2)10-11(6-7-13-12)14-8-4-3-5-9-14/h3-5,8-9,16-17,19H,6-7,10-14H2,1-2H3;3-5,7-8,16-17,19H,6,9-14H2,1-2H3;4-8,13,15H,9-11H2,1-3H3;10,15H,3-9H2,1-2H3;11,13H,4-10H2,1-3H3;11,13H,3-10H2,1-2H3. The normalized spacial score (nSPS) is 31.5. The molecule has 11 aliphatic heterocycles. The quantitative estimate of drug-likeness (QED) is 0.123. The molecule has 13 nitrogen and oxygen atoms in total. The molecule has 6 N–H and O–H groups in total. The maximum absolute atomic E-state index is 13.1. The van der Waals surface area contributed by atoms with E-state index in [1.807, 2.05) is 0 Å². The third kappa shape index (κ3) is 26.9. The summed E-state index contributed by atoms with van der Waals surface area (Å²) in [6, 6.07) is 37.9. The molecule has 101 heavy (non-hydrogen) atoms. The number of para-hydroxylation sites is 1. The highest BCUT2D eigenvalue weighted by Crippen LogP contribution is 2.38. The summed E-state index contributed by atoms with van der Waals surface area (Å²) in [5, 5.41) is 21.5. The number of hydrogen-bond donors (Lipinski definition) is 6. The van der Waals surface area contributed by atoms with Crippen LogP contribution < -0.4 is 36.8 Å². The summed E-state index contributed by atoms with van der Waals surface area (Å²) in [5.41, 5.74) is 6.10. The molecule has 0 bridgehead atoms. The lowest BCUT2D eigenvalue weighted by atomic mass is 9.85. The second-order valence-electron chi connectivity index (χ2n) is 36.9. The van der Waals surface area contributed by atoms with E-state index in [-0.39, 0.29) is 23.9 Å². The van der Waals surface area contributed by atoms with Crippen molar-refractivity contribution >= 4 is 5.69 Å². The lowest BCUT2D eigenvalue weighted by Crippen LogP contribution is -2.56. The van der Waals surface area contributed by atoms with Crippen molar-refractivity contribution in [3.8, 4) is 0 Å². The highest BCUT2D eigenvalue weighted by molar-refractivity contribution is 5.46. The lowest BCUT2D eigenvalue weighted by molar-refractivity contribution is -0.0676. The number of benzene rings is 3. The van der Waals surface area contributed by atoms with E-state index in [0.717, 1.165) is 62.6 Å². The fraction of sp³-hybridized carbons (Fsp3) is 0.791. The first-order chi connectivity index (χ1) is 48.0. The molecule has 11 saturated heterocycles. The molecule has 11 aliphatic rings. The third-order valence-corrected chi connectivity index (χ3v) is 25.1. The van der Waals surface area contributed by atoms with Gasteiger partial charge < -0.3 is 46.6 Å². The van der Waals surface area contributed by atoms with Gasteiger partial charge in [0.25, 0.3) is 5.92 Å². The second kappa shape index (κ2) is 38.1. The van der Waals surface area contributed by atoms with Crippen molar-refractivity contribution in [2.24, 2.45) is 0 Å². The maximum Gasteiger partial charge on any atom is 0.250 e. The summed E-state index contributed by atoms with van der Waals surface area (Å²) in [4.78, 5) is 18.1. The topological polar surface area (TPSA) is 94.9 Å². The van der Waals surface area contributed by atoms with Gasteiger partial charge in [0.05, 0.1) is 0 Å². The molecule has 0 radical (unpaired) electrons. The Kier molecular flexibility index (Phi) is 30.9. The molecule has 3 aromatic carbocycles. The van der Waals surface area contributed by atoms with E-state index >= 15 is 0 Å². The van der Waals surface area contributed by atoms with Crippen molar-refractivity contribution in [3.05, 3.63) is 102 Å². The van der Waals surface area contributed by atoms with E-state index in [9.17, 15) is 8.78 Å². The summed E-state index contributed by atoms with van der Waals surface area (Å²) in [6.07, 6.45) is 26.2. The van der Waals surface area contributed by atoms with Crippen LogP contribution in [-0.4, -0.2) is 230 Å². The summed E-state index contributed by atoms with van der Waals surface area (Å²) < 4.78 is 26.1. The number of halogens is 2. The second-order valence-corrected chi connectivity index (χ2v) is 36.9. The third-order valence-electron chi connectivity index (χ3n) is 25.1. The molecule has 572 valence electrons. The van der Waals surface area contributed by atoms with Gasteiger partial charge in [0.1, 0.15) is 0 Å². The zero-order valence-electron chi connectivity index (χ0n) is 66.7. The number of nitrogens with zero attached hydrogens (tertiary/aromatic N) is 7. The first kappa shape index (κ1) is 81.9. The first-order valence-corrected chi connectivity index (χ1v) is 41.2. The van der Waals surface area contributed by atoms with Gasteiger partial charge in [-0.25, -0.2) is 8.78 Å². The average Bonchev–Trinajstić information content (AvgIpc) is 0.848. The highest BCUT2D eigenvalue weighted by Gasteiger charge is 2.41. The Bertz CT molecular complexity index is 2780. The van der Waals surface area contributed by atoms with Crippen molar-refractivity contribution in [2.45, 2.75) is 312 Å². The van der Waals surface area contributed by atoms with Crippen LogP contribution in [0.3, 0.4) is 0 Å². The van der Waals surface area contributed by atoms with Gasteiger partial charge in [-0.1, -0.05) is 91.7 Å². The van der Waals surface area contributed by atoms with Gasteiger partial charge in [0, 0.05) is 147 Å². The number of nitrogens with one attached hydrogen (secondary N) is 6. The van der Waals surface area contributed by atoms with E-state index in [1.54, 1.807) is 0 Å². The van der Waals surface area contributed by atoms with Crippen LogP contribution in [0.2, 0.25) is 0 Å². The summed E-state index contributed by atoms with van der Waals surface area (Å²) in [6.45, 7) is 47.2. The zero-order valence-corrected chi connectivity index (χ0v) is 66.7. The maximum atomic E-state index is 13.1. The molecule has 11 heterocycles. The number of piperidine rings is 10. The Morgan fingerprint density at radius 1 is 0.356 bits per heavy atom. The van der Waals surface area contributed by atoms with E-state index in [0.29, 0.717) is 53.4 Å². The Balaban J connectivity index is 0.000000142. The van der Waals surface area contributed by atoms with Crippen molar-refractivity contribution in [2.75, 3.05) is 130 Å². The van der Waals surface area contributed by atoms with E-state index in [2.05, 4.69) is 254 Å². The predicted octanol–water partition coefficient (Wildman–Crippen LogP) is 14.8. The molecule has 0 saturated carbocycles. The van der Waals surface area contributed by atoms with Crippen molar-refractivity contribution in [3.63, 3.8) is 0 Å². The van der Waals surface area contributed by atoms with Gasteiger partial charge in [-0.2, -0.15) is 0 Å². The van der Waals surface area contributed by atoms with Crippen LogP contribution in [0.4, 0.5) is 14.5 Å². The monoisotopic (exact) mass is 1400 g/mol. The van der Waals surface area contributed by atoms with E-state index in [1.165, 1.54) is 211 Å². The van der Waals surface area contributed by atoms with Crippen LogP contribution in [0.15, 0.2) is 91.0 Å². The van der Waals surface area contributed by atoms with Crippen LogP contribution in [0, 0.1) is 0 Å². The smallest absolute Gasteiger partial charge is 0.250 e. The number of likely N-dealkylation sites (N-methyl/N-ethyl adjacent to an activating group) is 1. The van der Waals surface area contributed by atoms with Gasteiger partial charge in [-0.3, -0.25) is 19.6 Å². The van der Waals surface area contributed by atoms with Crippen LogP contribution in [-0.2, 0) is 0 Å². The minimum absolute atomic E-state index is 0.0390. The molecule has 0 aliphatic carbocycles. The Hall–Kier alpha value is -3.16. The molecule has 15 heteroatoms. The van der Waals surface area contributed by atoms with Gasteiger partial charge in [0.2, 0.25) is 0 Å². The molecule has 8 unspecified atom stereocenters. The minimum Gasteiger partial charge on any atom is -0.371 e. The Labute approximate surface area is 616 Å². The number of alkyl halides is 2. The SMILES string of the molecule is CC1(C)CC(N2CCC(F)(F)CC2)CCN1.CC1(C)CC(N2CCCC(c3ccccc3)C2)CCN1.CC1(C)CC(N2CCCCC2)CCN1.CC1(C)CC(N2CCCCC2c2ccccc2)CCN1.CN(c1ccccc1)C1CCNC(C)(C)C1.CN1CCN(C2CCNC(C)(C)C2)CC1. The number of piperazine rings is 1. The number of anilines is 1. The van der Waals surface area contributed by atoms with Crippen molar-refractivity contribution < 1.29 is 8.78 Å². The highest BCUT2D eigenvalue weighted by atomic mass is 19.3. The van der Waals surface area contributed by atoms with Gasteiger partial charge in [-0.05, 0) is 300 Å². The summed E-state index contributed by atoms with van der Waals surface area (Å²) in [7, 11) is 4.44. The van der Waals surface area contributed by atoms with Crippen LogP contribution in [0.25, 0.3) is 0 Å². The molecule has 3 aromatic rings. The van der Waals surface area contributed by atoms with Crippen LogP contribution >= 0.6 is 0 Å². The van der Waals surface area contributed by atoms with Gasteiger partial charge in [0.15, 0.2) is 0 Å². The average molecular weight is 1400 g/mol. The molecule has 11 fully saturated rings. The molecule has 0 amide bonds. The van der Waals surface area contributed by atoms with Crippen LogP contribution in [0.1, 0.15) is 247 Å². The predicted molar refractivity (Wildman–Crippen MR) is 425 cm³/mol. The fourth-order valence-corrected chi connectivity index (χ4v) is 19.2. The fourth-order valence-electron chi connectivity index (χ4n) is 19.2. The lowest BCUT2D eigenvalue weighted by Gasteiger charge is -2.47. The Morgan fingerprint density at radius 2 is 0.733 bits per heavy atom. The molecule has 8 atom stereocenters. The van der Waals surface area contributed by atoms with E-state index in [4.69, 9.17) is 0 Å². The number of likely N-dealkylation sites (tertiary alicyclic amines) is 4. The Morgan fingerprint density at radius 3 is 1.20 bits per heavy atom. The molecule has 0 aromatic heterocycles. The van der Waals surface area contributed by atoms with E-state index < -0.39 is 5.92 Å². The molecular formula is C86H149F2N13.